The summed E-state index contributed by atoms with van der Waals surface area (Å²) in [4.78, 5) is 41.4. The van der Waals surface area contributed by atoms with Crippen LogP contribution in [0.15, 0.2) is 11.6 Å². The smallest absolute Gasteiger partial charge is 0.331 e. The van der Waals surface area contributed by atoms with E-state index in [-0.39, 0.29) is 35.4 Å². The molecule has 1 rings (SSSR count). The van der Waals surface area contributed by atoms with E-state index in [1.54, 1.807) is 18.0 Å². The molecule has 172 valence electrons. The number of likely N-dealkylation sites (N-methyl/N-ethyl adjacent to an activating group) is 2. The Labute approximate surface area is 181 Å². The number of nitrogens with one attached hydrogen (secondary N) is 1. The molecule has 7 heteroatoms. The maximum atomic E-state index is 13.5. The molecule has 0 radical (unpaired) electrons. The zero-order valence-corrected chi connectivity index (χ0v) is 20.2. The van der Waals surface area contributed by atoms with Gasteiger partial charge in [-0.25, -0.2) is 4.79 Å². The molecule has 4 atom stereocenters. The fourth-order valence-electron chi connectivity index (χ4n) is 4.02. The van der Waals surface area contributed by atoms with Crippen LogP contribution in [0.5, 0.6) is 0 Å². The molecular weight excluding hydrogens is 382 g/mol. The van der Waals surface area contributed by atoms with E-state index in [0.717, 1.165) is 19.4 Å². The van der Waals surface area contributed by atoms with Crippen LogP contribution in [0.3, 0.4) is 0 Å². The van der Waals surface area contributed by atoms with Crippen LogP contribution in [0.2, 0.25) is 0 Å². The largest absolute Gasteiger partial charge is 0.478 e. The summed E-state index contributed by atoms with van der Waals surface area (Å²) >= 11 is 0. The summed E-state index contributed by atoms with van der Waals surface area (Å²) in [6.07, 6.45) is 3.38. The number of carboxylic acids is 1. The van der Waals surface area contributed by atoms with Crippen LogP contribution in [0.1, 0.15) is 61.3 Å². The Balaban J connectivity index is 3.09. The maximum Gasteiger partial charge on any atom is 0.331 e. The number of hydrogen-bond donors (Lipinski definition) is 2. The van der Waals surface area contributed by atoms with E-state index < -0.39 is 17.4 Å². The number of aliphatic carboxylic acids is 1. The molecule has 1 fully saturated rings. The molecule has 1 heterocycles. The lowest BCUT2D eigenvalue weighted by molar-refractivity contribution is -0.141. The lowest BCUT2D eigenvalue weighted by Crippen LogP contribution is -2.60. The van der Waals surface area contributed by atoms with E-state index in [0.29, 0.717) is 5.92 Å². The second-order valence-corrected chi connectivity index (χ2v) is 10.3. The first-order valence-electron chi connectivity index (χ1n) is 10.9. The van der Waals surface area contributed by atoms with Crippen LogP contribution in [0.4, 0.5) is 0 Å². The van der Waals surface area contributed by atoms with Gasteiger partial charge in [0.15, 0.2) is 0 Å². The number of nitrogens with zero attached hydrogens (tertiary/aromatic N) is 2. The molecule has 2 N–H and O–H groups in total. The average molecular weight is 424 g/mol. The van der Waals surface area contributed by atoms with Gasteiger partial charge < -0.3 is 15.3 Å². The van der Waals surface area contributed by atoms with Crippen molar-refractivity contribution in [3.63, 3.8) is 0 Å². The number of likely N-dealkylation sites (tertiary alicyclic amines) is 1. The van der Waals surface area contributed by atoms with Gasteiger partial charge in [-0.15, -0.1) is 0 Å². The summed E-state index contributed by atoms with van der Waals surface area (Å²) in [6, 6.07) is -1.32. The highest BCUT2D eigenvalue weighted by Crippen LogP contribution is 2.25. The fraction of sp³-hybridized carbons (Fsp3) is 0.783. The monoisotopic (exact) mass is 423 g/mol. The third-order valence-electron chi connectivity index (χ3n) is 6.00. The minimum Gasteiger partial charge on any atom is -0.478 e. The molecule has 0 aromatic carbocycles. The van der Waals surface area contributed by atoms with Crippen LogP contribution < -0.4 is 5.32 Å². The molecule has 0 aliphatic carbocycles. The number of hydrogen-bond acceptors (Lipinski definition) is 4. The number of rotatable bonds is 7. The number of carbonyl (C=O) groups excluding carboxylic acids is 2. The number of piperidine rings is 1. The van der Waals surface area contributed by atoms with E-state index in [9.17, 15) is 19.5 Å². The van der Waals surface area contributed by atoms with Gasteiger partial charge in [0.05, 0.1) is 12.1 Å². The number of carbonyl (C=O) groups is 3. The number of amides is 2. The zero-order valence-electron chi connectivity index (χ0n) is 20.2. The lowest BCUT2D eigenvalue weighted by atomic mass is 9.84. The lowest BCUT2D eigenvalue weighted by Gasteiger charge is -2.40. The van der Waals surface area contributed by atoms with Crippen molar-refractivity contribution >= 4 is 17.8 Å². The van der Waals surface area contributed by atoms with Crippen molar-refractivity contribution in [2.75, 3.05) is 20.6 Å². The Morgan fingerprint density at radius 2 is 1.77 bits per heavy atom. The van der Waals surface area contributed by atoms with Crippen molar-refractivity contribution in [2.24, 2.45) is 17.3 Å². The third-order valence-corrected chi connectivity index (χ3v) is 6.00. The molecule has 0 spiro atoms. The average Bonchev–Trinajstić information content (AvgIpc) is 2.61. The van der Waals surface area contributed by atoms with E-state index in [2.05, 4.69) is 17.1 Å². The van der Waals surface area contributed by atoms with Crippen LogP contribution in [0, 0.1) is 17.3 Å². The second-order valence-electron chi connectivity index (χ2n) is 10.3. The van der Waals surface area contributed by atoms with Crippen LogP contribution in [0.25, 0.3) is 0 Å². The molecule has 0 aromatic heterocycles. The summed E-state index contributed by atoms with van der Waals surface area (Å²) in [7, 11) is 3.63. The topological polar surface area (TPSA) is 90.0 Å². The Bertz CT molecular complexity index is 666. The van der Waals surface area contributed by atoms with E-state index in [4.69, 9.17) is 0 Å². The predicted octanol–water partition coefficient (Wildman–Crippen LogP) is 2.76. The Hall–Kier alpha value is -1.89. The maximum absolute atomic E-state index is 13.5. The molecule has 2 amide bonds. The van der Waals surface area contributed by atoms with E-state index in [1.807, 2.05) is 41.7 Å². The van der Waals surface area contributed by atoms with Gasteiger partial charge in [0.25, 0.3) is 0 Å². The molecule has 30 heavy (non-hydrogen) atoms. The van der Waals surface area contributed by atoms with Gasteiger partial charge in [0.2, 0.25) is 11.8 Å². The van der Waals surface area contributed by atoms with Gasteiger partial charge in [-0.05, 0) is 44.1 Å². The summed E-state index contributed by atoms with van der Waals surface area (Å²) in [5.74, 6) is -0.756. The van der Waals surface area contributed by atoms with Crippen molar-refractivity contribution in [1.82, 2.24) is 15.1 Å². The first kappa shape index (κ1) is 26.1. The molecule has 7 nitrogen and oxygen atoms in total. The molecule has 1 aliphatic heterocycles. The molecular formula is C23H41N3O4. The molecule has 0 aromatic rings. The standard InChI is InChI=1S/C23H41N3O4/c1-14(2)18(12-16(4)22(29)30)26(9)21(28)19(23(5,6)7)24-20(27)17-11-10-15(3)13-25(17)8/h12,14-15,17-19H,10-11,13H2,1-9H3,(H,24,27)(H,29,30)/t15-,17+,18+,19+/m0/s1. The second kappa shape index (κ2) is 10.4. The molecule has 0 saturated carbocycles. The molecule has 1 saturated heterocycles. The Kier molecular flexibility index (Phi) is 9.08. The highest BCUT2D eigenvalue weighted by atomic mass is 16.4. The predicted molar refractivity (Wildman–Crippen MR) is 119 cm³/mol. The molecule has 1 aliphatic rings. The van der Waals surface area contributed by atoms with Gasteiger partial charge >= 0.3 is 5.97 Å². The minimum absolute atomic E-state index is 0.0236. The van der Waals surface area contributed by atoms with Crippen molar-refractivity contribution in [2.45, 2.75) is 79.4 Å². The van der Waals surface area contributed by atoms with Gasteiger partial charge in [0, 0.05) is 19.2 Å². The summed E-state index contributed by atoms with van der Waals surface area (Å²) in [5, 5.41) is 12.3. The van der Waals surface area contributed by atoms with Gasteiger partial charge in [-0.1, -0.05) is 47.6 Å². The van der Waals surface area contributed by atoms with Crippen molar-refractivity contribution in [3.8, 4) is 0 Å². The Morgan fingerprint density at radius 1 is 1.20 bits per heavy atom. The summed E-state index contributed by atoms with van der Waals surface area (Å²) in [6.45, 7) is 14.3. The Morgan fingerprint density at radius 3 is 2.20 bits per heavy atom. The van der Waals surface area contributed by atoms with Crippen molar-refractivity contribution < 1.29 is 19.5 Å². The first-order chi connectivity index (χ1) is 13.7. The molecule has 0 bridgehead atoms. The van der Waals surface area contributed by atoms with Crippen molar-refractivity contribution in [1.29, 1.82) is 0 Å². The normalized spacial score (nSPS) is 23.1. The first-order valence-corrected chi connectivity index (χ1v) is 10.9. The van der Waals surface area contributed by atoms with E-state index in [1.165, 1.54) is 6.92 Å². The van der Waals surface area contributed by atoms with Crippen molar-refractivity contribution in [3.05, 3.63) is 11.6 Å². The summed E-state index contributed by atoms with van der Waals surface area (Å²) < 4.78 is 0. The fourth-order valence-corrected chi connectivity index (χ4v) is 4.02. The quantitative estimate of drug-likeness (QED) is 0.615. The number of carboxylic acid groups (broad SMARTS) is 1. The SMILES string of the molecule is CC(=C[C@H](C(C)C)N(C)C(=O)[C@@H](NC(=O)[C@H]1CC[C@H](C)CN1C)C(C)(C)C)C(=O)O. The minimum atomic E-state index is -1.00. The van der Waals surface area contributed by atoms with Gasteiger partial charge in [-0.2, -0.15) is 0 Å². The third kappa shape index (κ3) is 6.83. The van der Waals surface area contributed by atoms with Crippen LogP contribution in [-0.4, -0.2) is 71.5 Å². The van der Waals surface area contributed by atoms with Gasteiger partial charge in [-0.3, -0.25) is 14.5 Å². The molecule has 0 unspecified atom stereocenters. The highest BCUT2D eigenvalue weighted by molar-refractivity contribution is 5.91. The summed E-state index contributed by atoms with van der Waals surface area (Å²) in [5.41, 5.74) is -0.295. The zero-order chi connectivity index (χ0) is 23.4. The highest BCUT2D eigenvalue weighted by Gasteiger charge is 2.39. The van der Waals surface area contributed by atoms with Crippen LogP contribution in [-0.2, 0) is 14.4 Å². The van der Waals surface area contributed by atoms with E-state index >= 15 is 0 Å². The van der Waals surface area contributed by atoms with Crippen LogP contribution >= 0.6 is 0 Å². The van der Waals surface area contributed by atoms with Gasteiger partial charge in [0.1, 0.15) is 6.04 Å².